The summed E-state index contributed by atoms with van der Waals surface area (Å²) < 4.78 is 0. The fourth-order valence-corrected chi connectivity index (χ4v) is 2.35. The molecule has 102 valence electrons. The summed E-state index contributed by atoms with van der Waals surface area (Å²) in [4.78, 5) is 2.41. The van der Waals surface area contributed by atoms with E-state index in [1.807, 2.05) is 6.07 Å². The Morgan fingerprint density at radius 2 is 2.06 bits per heavy atom. The number of rotatable bonds is 7. The van der Waals surface area contributed by atoms with Gasteiger partial charge in [-0.15, -0.1) is 0 Å². The number of halogens is 1. The number of anilines is 1. The van der Waals surface area contributed by atoms with Gasteiger partial charge in [-0.1, -0.05) is 37.9 Å². The van der Waals surface area contributed by atoms with Gasteiger partial charge >= 0.3 is 0 Å². The van der Waals surface area contributed by atoms with Crippen molar-refractivity contribution in [3.63, 3.8) is 0 Å². The van der Waals surface area contributed by atoms with Gasteiger partial charge in [0.2, 0.25) is 0 Å². The molecule has 0 saturated carbocycles. The van der Waals surface area contributed by atoms with Crippen molar-refractivity contribution in [3.05, 3.63) is 28.8 Å². The molecule has 1 unspecified atom stereocenters. The third-order valence-electron chi connectivity index (χ3n) is 3.43. The molecule has 0 aliphatic heterocycles. The van der Waals surface area contributed by atoms with Gasteiger partial charge in [-0.2, -0.15) is 0 Å². The first kappa shape index (κ1) is 15.3. The summed E-state index contributed by atoms with van der Waals surface area (Å²) in [5.41, 5.74) is 7.86. The van der Waals surface area contributed by atoms with Crippen LogP contribution in [-0.2, 0) is 6.54 Å². The highest BCUT2D eigenvalue weighted by Gasteiger charge is 2.15. The molecule has 0 saturated heterocycles. The summed E-state index contributed by atoms with van der Waals surface area (Å²) in [6.45, 7) is 8.29. The average Bonchev–Trinajstić information content (AvgIpc) is 2.39. The van der Waals surface area contributed by atoms with Crippen molar-refractivity contribution < 1.29 is 0 Å². The van der Waals surface area contributed by atoms with Crippen molar-refractivity contribution in [1.82, 2.24) is 0 Å². The van der Waals surface area contributed by atoms with Crippen molar-refractivity contribution >= 4 is 17.3 Å². The Balaban J connectivity index is 2.96. The minimum absolute atomic E-state index is 0.512. The molecule has 3 heteroatoms. The van der Waals surface area contributed by atoms with Gasteiger partial charge in [-0.05, 0) is 37.5 Å². The van der Waals surface area contributed by atoms with Crippen molar-refractivity contribution in [2.75, 3.05) is 11.4 Å². The van der Waals surface area contributed by atoms with Gasteiger partial charge < -0.3 is 10.6 Å². The molecule has 0 aliphatic carbocycles. The SMILES string of the molecule is CCCCN(c1ccc(CN)cc1Cl)C(C)CC. The molecule has 1 aromatic rings. The summed E-state index contributed by atoms with van der Waals surface area (Å²) in [6, 6.07) is 6.67. The van der Waals surface area contributed by atoms with Crippen molar-refractivity contribution in [2.45, 2.75) is 52.6 Å². The molecule has 18 heavy (non-hydrogen) atoms. The van der Waals surface area contributed by atoms with Gasteiger partial charge in [0.15, 0.2) is 0 Å². The van der Waals surface area contributed by atoms with Crippen LogP contribution in [-0.4, -0.2) is 12.6 Å². The minimum atomic E-state index is 0.512. The fourth-order valence-electron chi connectivity index (χ4n) is 2.04. The van der Waals surface area contributed by atoms with Crippen LogP contribution in [0.3, 0.4) is 0 Å². The molecule has 0 heterocycles. The number of hydrogen-bond donors (Lipinski definition) is 1. The van der Waals surface area contributed by atoms with Crippen LogP contribution in [0.2, 0.25) is 5.02 Å². The Labute approximate surface area is 116 Å². The van der Waals surface area contributed by atoms with Crippen molar-refractivity contribution in [3.8, 4) is 0 Å². The number of nitrogens with two attached hydrogens (primary N) is 1. The molecule has 0 fully saturated rings. The highest BCUT2D eigenvalue weighted by atomic mass is 35.5. The van der Waals surface area contributed by atoms with Gasteiger partial charge in [0.25, 0.3) is 0 Å². The van der Waals surface area contributed by atoms with E-state index in [2.05, 4.69) is 37.8 Å². The van der Waals surface area contributed by atoms with Gasteiger partial charge in [-0.25, -0.2) is 0 Å². The van der Waals surface area contributed by atoms with Crippen LogP contribution in [0.25, 0.3) is 0 Å². The maximum absolute atomic E-state index is 6.39. The molecule has 2 N–H and O–H groups in total. The number of nitrogens with zero attached hydrogens (tertiary/aromatic N) is 1. The molecule has 0 amide bonds. The van der Waals surface area contributed by atoms with E-state index in [0.717, 1.165) is 29.2 Å². The highest BCUT2D eigenvalue weighted by Crippen LogP contribution is 2.29. The lowest BCUT2D eigenvalue weighted by molar-refractivity contribution is 0.596. The topological polar surface area (TPSA) is 29.3 Å². The zero-order chi connectivity index (χ0) is 13.5. The third kappa shape index (κ3) is 3.89. The van der Waals surface area contributed by atoms with Gasteiger partial charge in [0.1, 0.15) is 0 Å². The maximum Gasteiger partial charge on any atom is 0.0642 e. The van der Waals surface area contributed by atoms with Crippen LogP contribution in [0.5, 0.6) is 0 Å². The molecular formula is C15H25ClN2. The largest absolute Gasteiger partial charge is 0.368 e. The molecule has 2 nitrogen and oxygen atoms in total. The third-order valence-corrected chi connectivity index (χ3v) is 3.74. The van der Waals surface area contributed by atoms with Gasteiger partial charge in [0, 0.05) is 19.1 Å². The molecule has 1 aromatic carbocycles. The quantitative estimate of drug-likeness (QED) is 0.803. The second kappa shape index (κ2) is 7.65. The lowest BCUT2D eigenvalue weighted by Gasteiger charge is -2.31. The number of benzene rings is 1. The fraction of sp³-hybridized carbons (Fsp3) is 0.600. The smallest absolute Gasteiger partial charge is 0.0642 e. The molecular weight excluding hydrogens is 244 g/mol. The second-order valence-electron chi connectivity index (χ2n) is 4.79. The van der Waals surface area contributed by atoms with Crippen LogP contribution < -0.4 is 10.6 Å². The monoisotopic (exact) mass is 268 g/mol. The molecule has 0 bridgehead atoms. The van der Waals surface area contributed by atoms with E-state index in [0.29, 0.717) is 12.6 Å². The minimum Gasteiger partial charge on any atom is -0.368 e. The molecule has 0 aromatic heterocycles. The first-order chi connectivity index (χ1) is 8.63. The van der Waals surface area contributed by atoms with Crippen molar-refractivity contribution in [1.29, 1.82) is 0 Å². The summed E-state index contributed by atoms with van der Waals surface area (Å²) >= 11 is 6.39. The number of unbranched alkanes of at least 4 members (excludes halogenated alkanes) is 1. The summed E-state index contributed by atoms with van der Waals surface area (Å²) in [7, 11) is 0. The van der Waals surface area contributed by atoms with Crippen LogP contribution in [0.15, 0.2) is 18.2 Å². The van der Waals surface area contributed by atoms with E-state index in [9.17, 15) is 0 Å². The predicted octanol–water partition coefficient (Wildman–Crippen LogP) is 4.20. The lowest BCUT2D eigenvalue weighted by Crippen LogP contribution is -2.33. The van der Waals surface area contributed by atoms with E-state index in [1.54, 1.807) is 0 Å². The van der Waals surface area contributed by atoms with E-state index in [1.165, 1.54) is 12.8 Å². The van der Waals surface area contributed by atoms with Crippen LogP contribution >= 0.6 is 11.6 Å². The summed E-state index contributed by atoms with van der Waals surface area (Å²) in [6.07, 6.45) is 3.52. The average molecular weight is 269 g/mol. The first-order valence-electron chi connectivity index (χ1n) is 6.89. The van der Waals surface area contributed by atoms with Crippen molar-refractivity contribution in [2.24, 2.45) is 5.73 Å². The molecule has 0 spiro atoms. The van der Waals surface area contributed by atoms with Crippen LogP contribution in [0, 0.1) is 0 Å². The summed E-state index contributed by atoms with van der Waals surface area (Å²) in [5.74, 6) is 0. The van der Waals surface area contributed by atoms with Crippen LogP contribution in [0.1, 0.15) is 45.6 Å². The predicted molar refractivity (Wildman–Crippen MR) is 81.4 cm³/mol. The van der Waals surface area contributed by atoms with Gasteiger partial charge in [0.05, 0.1) is 10.7 Å². The van der Waals surface area contributed by atoms with Crippen LogP contribution in [0.4, 0.5) is 5.69 Å². The Hall–Kier alpha value is -0.730. The molecule has 1 atom stereocenters. The first-order valence-corrected chi connectivity index (χ1v) is 7.26. The normalized spacial score (nSPS) is 12.5. The molecule has 0 aliphatic rings. The molecule has 1 rings (SSSR count). The Kier molecular flexibility index (Phi) is 6.51. The number of hydrogen-bond acceptors (Lipinski definition) is 2. The summed E-state index contributed by atoms with van der Waals surface area (Å²) in [5, 5.41) is 0.814. The van der Waals surface area contributed by atoms with E-state index < -0.39 is 0 Å². The van der Waals surface area contributed by atoms with E-state index >= 15 is 0 Å². The zero-order valence-corrected chi connectivity index (χ0v) is 12.5. The maximum atomic E-state index is 6.39. The van der Waals surface area contributed by atoms with E-state index in [4.69, 9.17) is 17.3 Å². The van der Waals surface area contributed by atoms with Gasteiger partial charge in [-0.3, -0.25) is 0 Å². The second-order valence-corrected chi connectivity index (χ2v) is 5.20. The Morgan fingerprint density at radius 3 is 2.56 bits per heavy atom. The zero-order valence-electron chi connectivity index (χ0n) is 11.7. The standard InChI is InChI=1S/C15H25ClN2/c1-4-6-9-18(12(3)5-2)15-8-7-13(11-17)10-14(15)16/h7-8,10,12H,4-6,9,11,17H2,1-3H3. The van der Waals surface area contributed by atoms with E-state index in [-0.39, 0.29) is 0 Å². The highest BCUT2D eigenvalue weighted by molar-refractivity contribution is 6.33. The Bertz CT molecular complexity index is 366. The Morgan fingerprint density at radius 1 is 1.33 bits per heavy atom. The molecule has 0 radical (unpaired) electrons. The lowest BCUT2D eigenvalue weighted by atomic mass is 10.1.